The van der Waals surface area contributed by atoms with Gasteiger partial charge < -0.3 is 14.2 Å². The van der Waals surface area contributed by atoms with E-state index in [9.17, 15) is 9.59 Å². The van der Waals surface area contributed by atoms with Gasteiger partial charge in [0, 0.05) is 23.8 Å². The SMILES string of the molecule is CCN(C(=O)COC(=O)c1cn(-c2ccccc2)cn1)c1cccc2ccccc12. The number of likely N-dealkylation sites (N-methyl/N-ethyl adjacent to an activating group) is 1. The van der Waals surface area contributed by atoms with E-state index in [1.165, 1.54) is 0 Å². The molecule has 1 heterocycles. The first-order valence-electron chi connectivity index (χ1n) is 9.72. The van der Waals surface area contributed by atoms with Crippen LogP contribution in [0.5, 0.6) is 0 Å². The first kappa shape index (κ1) is 19.4. The van der Waals surface area contributed by atoms with Crippen molar-refractivity contribution in [3.8, 4) is 5.69 Å². The van der Waals surface area contributed by atoms with Gasteiger partial charge in [0.2, 0.25) is 0 Å². The highest BCUT2D eigenvalue weighted by Crippen LogP contribution is 2.26. The molecule has 0 saturated heterocycles. The fourth-order valence-electron chi connectivity index (χ4n) is 3.37. The molecule has 30 heavy (non-hydrogen) atoms. The number of esters is 1. The summed E-state index contributed by atoms with van der Waals surface area (Å²) in [6.07, 6.45) is 3.13. The lowest BCUT2D eigenvalue weighted by Gasteiger charge is -2.22. The second kappa shape index (κ2) is 8.61. The lowest BCUT2D eigenvalue weighted by molar-refractivity contribution is -0.121. The van der Waals surface area contributed by atoms with Crippen LogP contribution >= 0.6 is 0 Å². The molecule has 0 fully saturated rings. The van der Waals surface area contributed by atoms with Gasteiger partial charge in [0.1, 0.15) is 6.33 Å². The summed E-state index contributed by atoms with van der Waals surface area (Å²) in [5, 5.41) is 2.02. The number of carbonyl (C=O) groups excluding carboxylic acids is 2. The minimum Gasteiger partial charge on any atom is -0.451 e. The molecule has 0 radical (unpaired) electrons. The van der Waals surface area contributed by atoms with E-state index in [-0.39, 0.29) is 18.2 Å². The van der Waals surface area contributed by atoms with Crippen LogP contribution in [0.15, 0.2) is 85.3 Å². The summed E-state index contributed by atoms with van der Waals surface area (Å²) in [4.78, 5) is 30.9. The molecule has 150 valence electrons. The highest BCUT2D eigenvalue weighted by Gasteiger charge is 2.19. The summed E-state index contributed by atoms with van der Waals surface area (Å²) in [6.45, 7) is 2.00. The number of benzene rings is 3. The Morgan fingerprint density at radius 1 is 0.967 bits per heavy atom. The van der Waals surface area contributed by atoms with Crippen LogP contribution in [0.3, 0.4) is 0 Å². The molecule has 4 rings (SSSR count). The lowest BCUT2D eigenvalue weighted by Crippen LogP contribution is -2.34. The Hall–Kier alpha value is -3.93. The summed E-state index contributed by atoms with van der Waals surface area (Å²) in [5.74, 6) is -0.920. The number of hydrogen-bond acceptors (Lipinski definition) is 4. The molecule has 4 aromatic rings. The summed E-state index contributed by atoms with van der Waals surface area (Å²) in [5.41, 5.74) is 1.83. The van der Waals surface area contributed by atoms with Crippen molar-refractivity contribution in [3.63, 3.8) is 0 Å². The van der Waals surface area contributed by atoms with Crippen molar-refractivity contribution in [1.82, 2.24) is 9.55 Å². The minimum absolute atomic E-state index is 0.153. The van der Waals surface area contributed by atoms with Gasteiger partial charge in [-0.1, -0.05) is 54.6 Å². The highest BCUT2D eigenvalue weighted by atomic mass is 16.5. The Labute approximate surface area is 174 Å². The number of anilines is 1. The van der Waals surface area contributed by atoms with E-state index < -0.39 is 5.97 Å². The van der Waals surface area contributed by atoms with E-state index in [0.29, 0.717) is 6.54 Å². The van der Waals surface area contributed by atoms with E-state index in [1.54, 1.807) is 22.0 Å². The Morgan fingerprint density at radius 3 is 2.50 bits per heavy atom. The van der Waals surface area contributed by atoms with Crippen molar-refractivity contribution in [2.24, 2.45) is 0 Å². The summed E-state index contributed by atoms with van der Waals surface area (Å²) in [6, 6.07) is 23.2. The van der Waals surface area contributed by atoms with Crippen molar-refractivity contribution in [2.75, 3.05) is 18.1 Å². The number of para-hydroxylation sites is 1. The van der Waals surface area contributed by atoms with E-state index >= 15 is 0 Å². The average Bonchev–Trinajstić information content (AvgIpc) is 3.29. The smallest absolute Gasteiger partial charge is 0.359 e. The molecular formula is C24H21N3O3. The number of carbonyl (C=O) groups is 2. The maximum Gasteiger partial charge on any atom is 0.359 e. The highest BCUT2D eigenvalue weighted by molar-refractivity contribution is 6.04. The number of hydrogen-bond donors (Lipinski definition) is 0. The predicted molar refractivity (Wildman–Crippen MR) is 116 cm³/mol. The van der Waals surface area contributed by atoms with Crippen molar-refractivity contribution in [2.45, 2.75) is 6.92 Å². The monoisotopic (exact) mass is 399 g/mol. The fraction of sp³-hybridized carbons (Fsp3) is 0.125. The van der Waals surface area contributed by atoms with E-state index in [0.717, 1.165) is 22.1 Å². The minimum atomic E-state index is -0.632. The maximum absolute atomic E-state index is 12.8. The number of fused-ring (bicyclic) bond motifs is 1. The number of ether oxygens (including phenoxy) is 1. The summed E-state index contributed by atoms with van der Waals surface area (Å²) < 4.78 is 6.98. The Balaban J connectivity index is 1.46. The molecule has 0 spiro atoms. The number of rotatable bonds is 6. The van der Waals surface area contributed by atoms with Crippen molar-refractivity contribution >= 4 is 28.3 Å². The number of imidazole rings is 1. The normalized spacial score (nSPS) is 10.7. The third kappa shape index (κ3) is 3.93. The molecule has 6 nitrogen and oxygen atoms in total. The van der Waals surface area contributed by atoms with Gasteiger partial charge >= 0.3 is 5.97 Å². The second-order valence-electron chi connectivity index (χ2n) is 6.71. The Kier molecular flexibility index (Phi) is 5.57. The molecule has 0 N–H and O–H groups in total. The van der Waals surface area contributed by atoms with Crippen LogP contribution in [-0.2, 0) is 9.53 Å². The first-order chi connectivity index (χ1) is 14.7. The average molecular weight is 399 g/mol. The molecule has 0 saturated carbocycles. The van der Waals surface area contributed by atoms with Crippen LogP contribution in [0.25, 0.3) is 16.5 Å². The first-order valence-corrected chi connectivity index (χ1v) is 9.72. The molecular weight excluding hydrogens is 378 g/mol. The standard InChI is InChI=1S/C24H21N3O3/c1-2-27(22-14-8-10-18-9-6-7-13-20(18)22)23(28)16-30-24(29)21-15-26(17-25-21)19-11-4-3-5-12-19/h3-15,17H,2,16H2,1H3. The molecule has 0 atom stereocenters. The van der Waals surface area contributed by atoms with Crippen LogP contribution in [0, 0.1) is 0 Å². The van der Waals surface area contributed by atoms with E-state index in [4.69, 9.17) is 4.74 Å². The van der Waals surface area contributed by atoms with Gasteiger partial charge in [0.15, 0.2) is 12.3 Å². The lowest BCUT2D eigenvalue weighted by atomic mass is 10.1. The van der Waals surface area contributed by atoms with Gasteiger partial charge in [0.25, 0.3) is 5.91 Å². The van der Waals surface area contributed by atoms with Crippen LogP contribution in [0.4, 0.5) is 5.69 Å². The van der Waals surface area contributed by atoms with Gasteiger partial charge in [-0.3, -0.25) is 4.79 Å². The van der Waals surface area contributed by atoms with E-state index in [1.807, 2.05) is 79.7 Å². The number of amides is 1. The Morgan fingerprint density at radius 2 is 1.70 bits per heavy atom. The molecule has 0 bridgehead atoms. The largest absolute Gasteiger partial charge is 0.451 e. The van der Waals surface area contributed by atoms with Crippen molar-refractivity contribution in [1.29, 1.82) is 0 Å². The zero-order chi connectivity index (χ0) is 20.9. The van der Waals surface area contributed by atoms with Crippen LogP contribution in [0.1, 0.15) is 17.4 Å². The number of aromatic nitrogens is 2. The molecule has 0 aliphatic heterocycles. The van der Waals surface area contributed by atoms with Crippen LogP contribution in [0.2, 0.25) is 0 Å². The Bertz CT molecular complexity index is 1180. The van der Waals surface area contributed by atoms with Gasteiger partial charge in [-0.2, -0.15) is 0 Å². The van der Waals surface area contributed by atoms with Crippen molar-refractivity contribution in [3.05, 3.63) is 91.0 Å². The third-order valence-electron chi connectivity index (χ3n) is 4.85. The predicted octanol–water partition coefficient (Wildman–Crippen LogP) is 4.24. The zero-order valence-electron chi connectivity index (χ0n) is 16.6. The molecule has 0 aliphatic rings. The topological polar surface area (TPSA) is 64.4 Å². The van der Waals surface area contributed by atoms with Crippen molar-refractivity contribution < 1.29 is 14.3 Å². The van der Waals surface area contributed by atoms with Crippen LogP contribution < -0.4 is 4.90 Å². The van der Waals surface area contributed by atoms with Gasteiger partial charge in [-0.15, -0.1) is 0 Å². The van der Waals surface area contributed by atoms with E-state index in [2.05, 4.69) is 4.98 Å². The van der Waals surface area contributed by atoms with Crippen LogP contribution in [-0.4, -0.2) is 34.6 Å². The molecule has 0 unspecified atom stereocenters. The summed E-state index contributed by atoms with van der Waals surface area (Å²) in [7, 11) is 0. The molecule has 1 amide bonds. The molecule has 0 aliphatic carbocycles. The maximum atomic E-state index is 12.8. The fourth-order valence-corrected chi connectivity index (χ4v) is 3.37. The second-order valence-corrected chi connectivity index (χ2v) is 6.71. The quantitative estimate of drug-likeness (QED) is 0.455. The number of nitrogens with zero attached hydrogens (tertiary/aromatic N) is 3. The van der Waals surface area contributed by atoms with Gasteiger partial charge in [0.05, 0.1) is 5.69 Å². The molecule has 6 heteroatoms. The zero-order valence-corrected chi connectivity index (χ0v) is 16.6. The summed E-state index contributed by atoms with van der Waals surface area (Å²) >= 11 is 0. The molecule has 1 aromatic heterocycles. The van der Waals surface area contributed by atoms with Gasteiger partial charge in [-0.25, -0.2) is 9.78 Å². The third-order valence-corrected chi connectivity index (χ3v) is 4.85. The molecule has 3 aromatic carbocycles. The van der Waals surface area contributed by atoms with Gasteiger partial charge in [-0.05, 0) is 30.5 Å².